The third-order valence-corrected chi connectivity index (χ3v) is 5.59. The van der Waals surface area contributed by atoms with Gasteiger partial charge in [-0.2, -0.15) is 0 Å². The molecule has 0 aliphatic carbocycles. The molecule has 1 N–H and O–H groups in total. The standard InChI is InChI=1S/C17H21N5O3S/c1-13-4-3-5-15(12-13)26(24,25)20-16-6-7-17(19-18-16)22-10-8-21(9-11-22)14(2)23/h3-7,12H,8-11H2,1-2H3,(H,18,20). The Bertz CT molecular complexity index is 891. The number of aromatic nitrogens is 2. The zero-order chi connectivity index (χ0) is 18.7. The molecule has 0 unspecified atom stereocenters. The van der Waals surface area contributed by atoms with E-state index in [0.29, 0.717) is 32.0 Å². The molecule has 1 saturated heterocycles. The number of carbonyl (C=O) groups excluding carboxylic acids is 1. The molecular weight excluding hydrogens is 354 g/mol. The predicted molar refractivity (Wildman–Crippen MR) is 98.5 cm³/mol. The lowest BCUT2D eigenvalue weighted by Crippen LogP contribution is -2.48. The molecule has 1 aliphatic rings. The molecule has 26 heavy (non-hydrogen) atoms. The van der Waals surface area contributed by atoms with Gasteiger partial charge in [0, 0.05) is 33.1 Å². The molecule has 1 amide bonds. The Morgan fingerprint density at radius 3 is 2.38 bits per heavy atom. The van der Waals surface area contributed by atoms with Crippen molar-refractivity contribution in [3.05, 3.63) is 42.0 Å². The molecular formula is C17H21N5O3S. The summed E-state index contributed by atoms with van der Waals surface area (Å²) >= 11 is 0. The normalized spacial score (nSPS) is 15.0. The van der Waals surface area contributed by atoms with Gasteiger partial charge in [0.05, 0.1) is 4.90 Å². The van der Waals surface area contributed by atoms with Gasteiger partial charge in [-0.25, -0.2) is 8.42 Å². The van der Waals surface area contributed by atoms with Crippen LogP contribution in [0.25, 0.3) is 0 Å². The van der Waals surface area contributed by atoms with Gasteiger partial charge < -0.3 is 9.80 Å². The van der Waals surface area contributed by atoms with E-state index in [0.717, 1.165) is 5.56 Å². The highest BCUT2D eigenvalue weighted by Crippen LogP contribution is 2.18. The van der Waals surface area contributed by atoms with Gasteiger partial charge in [0.1, 0.15) is 0 Å². The highest BCUT2D eigenvalue weighted by molar-refractivity contribution is 7.92. The average Bonchev–Trinajstić information content (AvgIpc) is 2.62. The molecule has 0 saturated carbocycles. The fraction of sp³-hybridized carbons (Fsp3) is 0.353. The van der Waals surface area contributed by atoms with E-state index in [1.54, 1.807) is 36.1 Å². The van der Waals surface area contributed by atoms with E-state index in [1.807, 2.05) is 17.9 Å². The number of sulfonamides is 1. The van der Waals surface area contributed by atoms with E-state index in [1.165, 1.54) is 6.07 Å². The van der Waals surface area contributed by atoms with E-state index in [9.17, 15) is 13.2 Å². The van der Waals surface area contributed by atoms with Crippen LogP contribution in [0.4, 0.5) is 11.6 Å². The van der Waals surface area contributed by atoms with Crippen molar-refractivity contribution in [1.29, 1.82) is 0 Å². The summed E-state index contributed by atoms with van der Waals surface area (Å²) in [4.78, 5) is 15.4. The van der Waals surface area contributed by atoms with Crippen LogP contribution in [0.5, 0.6) is 0 Å². The number of carbonyl (C=O) groups is 1. The first-order valence-corrected chi connectivity index (χ1v) is 9.77. The largest absolute Gasteiger partial charge is 0.352 e. The Hall–Kier alpha value is -2.68. The summed E-state index contributed by atoms with van der Waals surface area (Å²) in [6.07, 6.45) is 0. The van der Waals surface area contributed by atoms with E-state index in [2.05, 4.69) is 14.9 Å². The lowest BCUT2D eigenvalue weighted by Gasteiger charge is -2.34. The SMILES string of the molecule is CC(=O)N1CCN(c2ccc(NS(=O)(=O)c3cccc(C)c3)nn2)CC1. The van der Waals surface area contributed by atoms with Crippen LogP contribution in [0.3, 0.4) is 0 Å². The fourth-order valence-electron chi connectivity index (χ4n) is 2.78. The first-order valence-electron chi connectivity index (χ1n) is 8.29. The van der Waals surface area contributed by atoms with Crippen molar-refractivity contribution in [3.63, 3.8) is 0 Å². The molecule has 2 heterocycles. The Balaban J connectivity index is 1.67. The molecule has 3 rings (SSSR count). The third-order valence-electron chi connectivity index (χ3n) is 4.24. The van der Waals surface area contributed by atoms with Crippen LogP contribution in [0.15, 0.2) is 41.3 Å². The number of hydrogen-bond donors (Lipinski definition) is 1. The van der Waals surface area contributed by atoms with Gasteiger partial charge in [0.25, 0.3) is 10.0 Å². The van der Waals surface area contributed by atoms with Crippen molar-refractivity contribution in [2.24, 2.45) is 0 Å². The number of amides is 1. The van der Waals surface area contributed by atoms with Crippen LogP contribution >= 0.6 is 0 Å². The van der Waals surface area contributed by atoms with Gasteiger partial charge >= 0.3 is 0 Å². The van der Waals surface area contributed by atoms with Crippen molar-refractivity contribution in [1.82, 2.24) is 15.1 Å². The maximum atomic E-state index is 12.4. The van der Waals surface area contributed by atoms with Gasteiger partial charge in [0.2, 0.25) is 5.91 Å². The molecule has 0 atom stereocenters. The lowest BCUT2D eigenvalue weighted by atomic mass is 10.2. The summed E-state index contributed by atoms with van der Waals surface area (Å²) in [7, 11) is -3.70. The summed E-state index contributed by atoms with van der Waals surface area (Å²) in [5.41, 5.74) is 0.860. The quantitative estimate of drug-likeness (QED) is 0.864. The molecule has 9 heteroatoms. The number of aryl methyl sites for hydroxylation is 1. The molecule has 2 aromatic rings. The topological polar surface area (TPSA) is 95.5 Å². The van der Waals surface area contributed by atoms with Gasteiger partial charge in [-0.05, 0) is 36.8 Å². The summed E-state index contributed by atoms with van der Waals surface area (Å²) in [5.74, 6) is 0.890. The Morgan fingerprint density at radius 2 is 1.81 bits per heavy atom. The number of nitrogens with one attached hydrogen (secondary N) is 1. The van der Waals surface area contributed by atoms with Gasteiger partial charge in [-0.3, -0.25) is 9.52 Å². The fourth-order valence-corrected chi connectivity index (χ4v) is 3.88. The summed E-state index contributed by atoms with van der Waals surface area (Å²) in [6.45, 7) is 6.01. The maximum Gasteiger partial charge on any atom is 0.263 e. The zero-order valence-corrected chi connectivity index (χ0v) is 15.5. The van der Waals surface area contributed by atoms with E-state index in [-0.39, 0.29) is 16.6 Å². The summed E-state index contributed by atoms with van der Waals surface area (Å²) in [6, 6.07) is 9.97. The molecule has 0 bridgehead atoms. The minimum absolute atomic E-state index is 0.0663. The Kier molecular flexibility index (Phi) is 5.08. The highest BCUT2D eigenvalue weighted by Gasteiger charge is 2.20. The van der Waals surface area contributed by atoms with Gasteiger partial charge in [-0.15, -0.1) is 10.2 Å². The molecule has 138 valence electrons. The minimum atomic E-state index is -3.70. The van der Waals surface area contributed by atoms with E-state index in [4.69, 9.17) is 0 Å². The zero-order valence-electron chi connectivity index (χ0n) is 14.7. The molecule has 8 nitrogen and oxygen atoms in total. The average molecular weight is 375 g/mol. The molecule has 1 aromatic carbocycles. The smallest absolute Gasteiger partial charge is 0.263 e. The van der Waals surface area contributed by atoms with E-state index < -0.39 is 10.0 Å². The second-order valence-electron chi connectivity index (χ2n) is 6.19. The van der Waals surface area contributed by atoms with Crippen LogP contribution < -0.4 is 9.62 Å². The van der Waals surface area contributed by atoms with Crippen LogP contribution in [0.1, 0.15) is 12.5 Å². The van der Waals surface area contributed by atoms with Crippen LogP contribution in [-0.4, -0.2) is 55.6 Å². The number of hydrogen-bond acceptors (Lipinski definition) is 6. The molecule has 1 fully saturated rings. The highest BCUT2D eigenvalue weighted by atomic mass is 32.2. The number of anilines is 2. The second-order valence-corrected chi connectivity index (χ2v) is 7.87. The van der Waals surface area contributed by atoms with Crippen molar-refractivity contribution < 1.29 is 13.2 Å². The van der Waals surface area contributed by atoms with Crippen molar-refractivity contribution >= 4 is 27.6 Å². The Labute approximate surface area is 152 Å². The van der Waals surface area contributed by atoms with Crippen molar-refractivity contribution in [3.8, 4) is 0 Å². The maximum absolute atomic E-state index is 12.4. The first kappa shape index (κ1) is 18.1. The lowest BCUT2D eigenvalue weighted by molar-refractivity contribution is -0.129. The third kappa shape index (κ3) is 4.10. The van der Waals surface area contributed by atoms with Gasteiger partial charge in [0.15, 0.2) is 11.6 Å². The molecule has 1 aliphatic heterocycles. The number of rotatable bonds is 4. The van der Waals surface area contributed by atoms with Crippen molar-refractivity contribution in [2.45, 2.75) is 18.7 Å². The summed E-state index contributed by atoms with van der Waals surface area (Å²) in [5, 5.41) is 8.09. The summed E-state index contributed by atoms with van der Waals surface area (Å²) < 4.78 is 27.3. The Morgan fingerprint density at radius 1 is 1.08 bits per heavy atom. The number of nitrogens with zero attached hydrogens (tertiary/aromatic N) is 4. The molecule has 0 radical (unpaired) electrons. The minimum Gasteiger partial charge on any atom is -0.352 e. The van der Waals surface area contributed by atoms with Crippen LogP contribution in [0, 0.1) is 6.92 Å². The second kappa shape index (κ2) is 7.28. The van der Waals surface area contributed by atoms with E-state index >= 15 is 0 Å². The first-order chi connectivity index (χ1) is 12.3. The van der Waals surface area contributed by atoms with Gasteiger partial charge in [-0.1, -0.05) is 12.1 Å². The molecule has 0 spiro atoms. The monoisotopic (exact) mass is 375 g/mol. The number of piperazine rings is 1. The molecule has 1 aromatic heterocycles. The van der Waals surface area contributed by atoms with Crippen LogP contribution in [-0.2, 0) is 14.8 Å². The number of benzene rings is 1. The van der Waals surface area contributed by atoms with Crippen LogP contribution in [0.2, 0.25) is 0 Å². The predicted octanol–water partition coefficient (Wildman–Crippen LogP) is 1.25. The van der Waals surface area contributed by atoms with Crippen molar-refractivity contribution in [2.75, 3.05) is 35.8 Å².